The molecule has 0 aliphatic heterocycles. The van der Waals surface area contributed by atoms with Gasteiger partial charge in [0.2, 0.25) is 5.91 Å². The zero-order valence-corrected chi connectivity index (χ0v) is 13.3. The first-order valence-corrected chi connectivity index (χ1v) is 7.55. The van der Waals surface area contributed by atoms with Crippen LogP contribution in [0, 0.1) is 23.2 Å². The van der Waals surface area contributed by atoms with E-state index in [-0.39, 0.29) is 5.91 Å². The number of nitrogens with one attached hydrogen (secondary N) is 1. The van der Waals surface area contributed by atoms with Gasteiger partial charge >= 0.3 is 0 Å². The summed E-state index contributed by atoms with van der Waals surface area (Å²) in [6.45, 7) is 4.94. The lowest BCUT2D eigenvalue weighted by molar-refractivity contribution is -0.116. The van der Waals surface area contributed by atoms with Crippen LogP contribution in [-0.2, 0) is 4.79 Å². The van der Waals surface area contributed by atoms with Gasteiger partial charge in [-0.1, -0.05) is 25.4 Å². The number of amides is 1. The van der Waals surface area contributed by atoms with Gasteiger partial charge in [0.1, 0.15) is 0 Å². The molecule has 0 aliphatic rings. The fourth-order valence-corrected chi connectivity index (χ4v) is 2.47. The summed E-state index contributed by atoms with van der Waals surface area (Å²) >= 11 is 6.03. The topological polar surface area (TPSA) is 78.9 Å². The van der Waals surface area contributed by atoms with E-state index in [1.54, 1.807) is 18.2 Å². The van der Waals surface area contributed by atoms with Crippen molar-refractivity contribution in [2.45, 2.75) is 33.1 Å². The Morgan fingerprint density at radius 1 is 1.43 bits per heavy atom. The number of benzene rings is 1. The smallest absolute Gasteiger partial charge is 0.224 e. The average molecular weight is 308 g/mol. The van der Waals surface area contributed by atoms with E-state index in [0.717, 1.165) is 12.8 Å². The van der Waals surface area contributed by atoms with Crippen LogP contribution >= 0.6 is 11.6 Å². The molecule has 1 aromatic carbocycles. The van der Waals surface area contributed by atoms with Gasteiger partial charge in [0.15, 0.2) is 0 Å². The molecule has 0 aromatic heterocycles. The lowest BCUT2D eigenvalue weighted by Gasteiger charge is -2.19. The molecule has 0 fully saturated rings. The van der Waals surface area contributed by atoms with Crippen molar-refractivity contribution in [3.8, 4) is 6.07 Å². The molecular formula is C16H22ClN3O. The summed E-state index contributed by atoms with van der Waals surface area (Å²) in [5.74, 6) is 0.904. The van der Waals surface area contributed by atoms with Crippen molar-refractivity contribution in [3.05, 3.63) is 28.8 Å². The predicted octanol–water partition coefficient (Wildman–Crippen LogP) is 3.55. The number of hydrogen-bond acceptors (Lipinski definition) is 3. The second-order valence-electron chi connectivity index (χ2n) is 5.47. The summed E-state index contributed by atoms with van der Waals surface area (Å²) in [6.07, 6.45) is 2.19. The van der Waals surface area contributed by atoms with Crippen LogP contribution < -0.4 is 11.1 Å². The number of anilines is 1. The first kappa shape index (κ1) is 17.5. The van der Waals surface area contributed by atoms with Crippen LogP contribution in [0.3, 0.4) is 0 Å². The van der Waals surface area contributed by atoms with Gasteiger partial charge in [-0.05, 0) is 49.4 Å². The summed E-state index contributed by atoms with van der Waals surface area (Å²) in [5.41, 5.74) is 6.62. The Bertz CT molecular complexity index is 523. The van der Waals surface area contributed by atoms with E-state index >= 15 is 0 Å². The molecule has 0 radical (unpaired) electrons. The van der Waals surface area contributed by atoms with Gasteiger partial charge in [0, 0.05) is 6.42 Å². The third kappa shape index (κ3) is 5.74. The number of halogens is 1. The van der Waals surface area contributed by atoms with Gasteiger partial charge in [-0.15, -0.1) is 0 Å². The van der Waals surface area contributed by atoms with Gasteiger partial charge in [-0.3, -0.25) is 4.79 Å². The molecule has 21 heavy (non-hydrogen) atoms. The molecule has 1 aromatic rings. The van der Waals surface area contributed by atoms with Crippen molar-refractivity contribution in [1.82, 2.24) is 0 Å². The molecular weight excluding hydrogens is 286 g/mol. The third-order valence-electron chi connectivity index (χ3n) is 3.59. The fourth-order valence-electron chi connectivity index (χ4n) is 2.24. The first-order chi connectivity index (χ1) is 9.97. The van der Waals surface area contributed by atoms with Crippen LogP contribution in [0.25, 0.3) is 0 Å². The van der Waals surface area contributed by atoms with Crippen molar-refractivity contribution in [3.63, 3.8) is 0 Å². The lowest BCUT2D eigenvalue weighted by atomic mass is 9.88. The minimum Gasteiger partial charge on any atom is -0.330 e. The highest BCUT2D eigenvalue weighted by Gasteiger charge is 2.15. The molecule has 1 unspecified atom stereocenters. The number of hydrogen-bond donors (Lipinski definition) is 2. The molecule has 0 bridgehead atoms. The Morgan fingerprint density at radius 3 is 2.67 bits per heavy atom. The van der Waals surface area contributed by atoms with E-state index in [0.29, 0.717) is 41.1 Å². The number of carbonyl (C=O) groups is 1. The van der Waals surface area contributed by atoms with Crippen LogP contribution in [0.2, 0.25) is 5.02 Å². The molecule has 0 heterocycles. The molecule has 1 amide bonds. The minimum atomic E-state index is -0.0655. The first-order valence-electron chi connectivity index (χ1n) is 7.17. The van der Waals surface area contributed by atoms with E-state index in [1.165, 1.54) is 0 Å². The summed E-state index contributed by atoms with van der Waals surface area (Å²) in [5, 5.41) is 11.9. The Balaban J connectivity index is 2.56. The van der Waals surface area contributed by atoms with Crippen LogP contribution in [0.5, 0.6) is 0 Å². The standard InChI is InChI=1S/C16H22ClN3O/c1-11(2)13(7-8-18)4-6-16(21)20-15-5-3-12(10-19)9-14(15)17/h3,5,9,11,13H,4,6-8,18H2,1-2H3,(H,20,21). The minimum absolute atomic E-state index is 0.0655. The summed E-state index contributed by atoms with van der Waals surface area (Å²) < 4.78 is 0. The lowest BCUT2D eigenvalue weighted by Crippen LogP contribution is -2.18. The molecule has 5 heteroatoms. The molecule has 3 N–H and O–H groups in total. The normalized spacial score (nSPS) is 12.0. The van der Waals surface area contributed by atoms with Gasteiger partial charge < -0.3 is 11.1 Å². The number of nitrogens with zero attached hydrogens (tertiary/aromatic N) is 1. The van der Waals surface area contributed by atoms with Gasteiger partial charge in [-0.25, -0.2) is 0 Å². The molecule has 0 spiro atoms. The summed E-state index contributed by atoms with van der Waals surface area (Å²) in [6, 6.07) is 6.83. The fraction of sp³-hybridized carbons (Fsp3) is 0.500. The van der Waals surface area contributed by atoms with E-state index < -0.39 is 0 Å². The predicted molar refractivity (Wildman–Crippen MR) is 86.0 cm³/mol. The maximum Gasteiger partial charge on any atom is 0.224 e. The second-order valence-corrected chi connectivity index (χ2v) is 5.88. The molecule has 0 saturated carbocycles. The van der Waals surface area contributed by atoms with Crippen molar-refractivity contribution in [1.29, 1.82) is 5.26 Å². The number of rotatable bonds is 7. The highest BCUT2D eigenvalue weighted by molar-refractivity contribution is 6.33. The van der Waals surface area contributed by atoms with Crippen molar-refractivity contribution in [2.75, 3.05) is 11.9 Å². The van der Waals surface area contributed by atoms with Crippen LogP contribution in [-0.4, -0.2) is 12.5 Å². The maximum atomic E-state index is 12.0. The van der Waals surface area contributed by atoms with E-state index in [4.69, 9.17) is 22.6 Å². The summed E-state index contributed by atoms with van der Waals surface area (Å²) in [4.78, 5) is 12.0. The van der Waals surface area contributed by atoms with Crippen LogP contribution in [0.1, 0.15) is 38.7 Å². The van der Waals surface area contributed by atoms with Crippen molar-refractivity contribution >= 4 is 23.2 Å². The van der Waals surface area contributed by atoms with Crippen molar-refractivity contribution < 1.29 is 4.79 Å². The van der Waals surface area contributed by atoms with Gasteiger partial charge in [0.25, 0.3) is 0 Å². The van der Waals surface area contributed by atoms with Crippen LogP contribution in [0.4, 0.5) is 5.69 Å². The Hall–Kier alpha value is -1.57. The van der Waals surface area contributed by atoms with E-state index in [1.807, 2.05) is 6.07 Å². The molecule has 0 aliphatic carbocycles. The largest absolute Gasteiger partial charge is 0.330 e. The third-order valence-corrected chi connectivity index (χ3v) is 3.91. The number of nitrogens with two attached hydrogens (primary N) is 1. The van der Waals surface area contributed by atoms with E-state index in [9.17, 15) is 4.79 Å². The van der Waals surface area contributed by atoms with Crippen LogP contribution in [0.15, 0.2) is 18.2 Å². The number of carbonyl (C=O) groups excluding carboxylic acids is 1. The quantitative estimate of drug-likeness (QED) is 0.808. The summed E-state index contributed by atoms with van der Waals surface area (Å²) in [7, 11) is 0. The second kappa shape index (κ2) is 8.66. The molecule has 114 valence electrons. The molecule has 4 nitrogen and oxygen atoms in total. The monoisotopic (exact) mass is 307 g/mol. The molecule has 1 atom stereocenters. The zero-order chi connectivity index (χ0) is 15.8. The van der Waals surface area contributed by atoms with E-state index in [2.05, 4.69) is 19.2 Å². The Morgan fingerprint density at radius 2 is 2.14 bits per heavy atom. The van der Waals surface area contributed by atoms with Gasteiger partial charge in [0.05, 0.1) is 22.3 Å². The zero-order valence-electron chi connectivity index (χ0n) is 12.5. The van der Waals surface area contributed by atoms with Gasteiger partial charge in [-0.2, -0.15) is 5.26 Å². The average Bonchev–Trinajstić information content (AvgIpc) is 2.45. The maximum absolute atomic E-state index is 12.0. The Labute approximate surface area is 131 Å². The highest BCUT2D eigenvalue weighted by atomic mass is 35.5. The molecule has 1 rings (SSSR count). The highest BCUT2D eigenvalue weighted by Crippen LogP contribution is 2.24. The number of nitriles is 1. The SMILES string of the molecule is CC(C)C(CCN)CCC(=O)Nc1ccc(C#N)cc1Cl. The Kier molecular flexibility index (Phi) is 7.21. The molecule has 0 saturated heterocycles. The van der Waals surface area contributed by atoms with Crippen molar-refractivity contribution in [2.24, 2.45) is 17.6 Å².